The first-order valence-corrected chi connectivity index (χ1v) is 6.78. The Morgan fingerprint density at radius 1 is 1.45 bits per heavy atom. The van der Waals surface area contributed by atoms with Crippen molar-refractivity contribution in [2.24, 2.45) is 0 Å². The van der Waals surface area contributed by atoms with E-state index in [1.807, 2.05) is 25.1 Å². The van der Waals surface area contributed by atoms with E-state index in [0.29, 0.717) is 11.9 Å². The summed E-state index contributed by atoms with van der Waals surface area (Å²) in [6.45, 7) is 6.38. The molecule has 20 heavy (non-hydrogen) atoms. The van der Waals surface area contributed by atoms with E-state index in [4.69, 9.17) is 10.5 Å². The van der Waals surface area contributed by atoms with Crippen molar-refractivity contribution in [3.05, 3.63) is 23.9 Å². The summed E-state index contributed by atoms with van der Waals surface area (Å²) in [5.41, 5.74) is 8.78. The lowest BCUT2D eigenvalue weighted by atomic mass is 10.1. The van der Waals surface area contributed by atoms with Crippen molar-refractivity contribution in [2.75, 3.05) is 30.4 Å². The molecule has 1 aliphatic heterocycles. The number of anilines is 2. The number of hydrogen-bond acceptors (Lipinski definition) is 5. The molecule has 1 unspecified atom stereocenters. The predicted molar refractivity (Wildman–Crippen MR) is 78.6 cm³/mol. The first-order valence-electron chi connectivity index (χ1n) is 6.78. The second-order valence-electron chi connectivity index (χ2n) is 5.16. The van der Waals surface area contributed by atoms with Gasteiger partial charge >= 0.3 is 0 Å². The van der Waals surface area contributed by atoms with Gasteiger partial charge in [0.05, 0.1) is 24.9 Å². The van der Waals surface area contributed by atoms with E-state index in [2.05, 4.69) is 27.0 Å². The fourth-order valence-electron chi connectivity index (χ4n) is 2.46. The summed E-state index contributed by atoms with van der Waals surface area (Å²) in [4.78, 5) is 6.75. The number of nitrogens with one attached hydrogen (secondary N) is 1. The van der Waals surface area contributed by atoms with Crippen LogP contribution in [0.3, 0.4) is 0 Å². The number of ether oxygens (including phenoxy) is 1. The summed E-state index contributed by atoms with van der Waals surface area (Å²) in [5.74, 6) is 1.40. The summed E-state index contributed by atoms with van der Waals surface area (Å²) in [5, 5.41) is 7.14. The van der Waals surface area contributed by atoms with Gasteiger partial charge in [0.25, 0.3) is 0 Å². The number of aromatic nitrogens is 3. The number of rotatable bonds is 2. The van der Waals surface area contributed by atoms with Crippen molar-refractivity contribution < 1.29 is 4.74 Å². The second-order valence-corrected chi connectivity index (χ2v) is 5.16. The molecule has 3 rings (SSSR count). The molecule has 6 nitrogen and oxygen atoms in total. The molecule has 1 atom stereocenters. The summed E-state index contributed by atoms with van der Waals surface area (Å²) < 4.78 is 5.44. The van der Waals surface area contributed by atoms with Gasteiger partial charge in [0.15, 0.2) is 0 Å². The van der Waals surface area contributed by atoms with Crippen LogP contribution in [0.2, 0.25) is 0 Å². The molecule has 1 fully saturated rings. The molecule has 2 aromatic rings. The van der Waals surface area contributed by atoms with Gasteiger partial charge in [0.2, 0.25) is 0 Å². The minimum Gasteiger partial charge on any atom is -0.383 e. The maximum Gasteiger partial charge on any atom is 0.135 e. The summed E-state index contributed by atoms with van der Waals surface area (Å²) >= 11 is 0. The number of pyridine rings is 1. The Hall–Kier alpha value is -2.08. The first-order chi connectivity index (χ1) is 9.65. The van der Waals surface area contributed by atoms with Gasteiger partial charge in [-0.25, -0.2) is 4.98 Å². The highest BCUT2D eigenvalue weighted by Crippen LogP contribution is 2.27. The number of aromatic amines is 1. The van der Waals surface area contributed by atoms with Gasteiger partial charge in [-0.2, -0.15) is 5.10 Å². The second kappa shape index (κ2) is 5.13. The average Bonchev–Trinajstić information content (AvgIpc) is 2.85. The molecule has 3 N–H and O–H groups in total. The third kappa shape index (κ3) is 2.34. The molecule has 1 aliphatic rings. The molecule has 3 heterocycles. The molecule has 0 aromatic carbocycles. The van der Waals surface area contributed by atoms with Crippen LogP contribution < -0.4 is 10.6 Å². The van der Waals surface area contributed by atoms with Crippen molar-refractivity contribution in [3.63, 3.8) is 0 Å². The van der Waals surface area contributed by atoms with Gasteiger partial charge in [-0.05, 0) is 32.0 Å². The predicted octanol–water partition coefficient (Wildman–Crippen LogP) is 1.59. The third-order valence-corrected chi connectivity index (χ3v) is 3.55. The quantitative estimate of drug-likeness (QED) is 0.868. The fraction of sp³-hybridized carbons (Fsp3) is 0.429. The number of nitrogens with two attached hydrogens (primary N) is 1. The fourth-order valence-corrected chi connectivity index (χ4v) is 2.46. The molecule has 0 saturated carbocycles. The first kappa shape index (κ1) is 12.9. The number of nitrogen functional groups attached to an aromatic ring is 1. The number of morpholine rings is 1. The summed E-state index contributed by atoms with van der Waals surface area (Å²) in [6.07, 6.45) is 0. The van der Waals surface area contributed by atoms with Gasteiger partial charge in [0.1, 0.15) is 11.6 Å². The van der Waals surface area contributed by atoms with Crippen molar-refractivity contribution in [1.82, 2.24) is 15.2 Å². The SMILES string of the molecule is Cc1cc(-c2ccc(N3CCOCC3C)nc2N)n[nH]1. The van der Waals surface area contributed by atoms with Gasteiger partial charge in [-0.3, -0.25) is 5.10 Å². The van der Waals surface area contributed by atoms with E-state index in [0.717, 1.165) is 42.5 Å². The molecule has 0 aliphatic carbocycles. The van der Waals surface area contributed by atoms with E-state index in [-0.39, 0.29) is 0 Å². The lowest BCUT2D eigenvalue weighted by molar-refractivity contribution is 0.0985. The van der Waals surface area contributed by atoms with Crippen LogP contribution in [0.25, 0.3) is 11.3 Å². The van der Waals surface area contributed by atoms with E-state index in [1.54, 1.807) is 0 Å². The summed E-state index contributed by atoms with van der Waals surface area (Å²) in [6, 6.07) is 6.26. The van der Waals surface area contributed by atoms with Crippen molar-refractivity contribution in [3.8, 4) is 11.3 Å². The van der Waals surface area contributed by atoms with Crippen molar-refractivity contribution >= 4 is 11.6 Å². The molecule has 1 saturated heterocycles. The molecular formula is C14H19N5O. The Labute approximate surface area is 118 Å². The number of nitrogens with zero attached hydrogens (tertiary/aromatic N) is 3. The van der Waals surface area contributed by atoms with Crippen LogP contribution in [0.1, 0.15) is 12.6 Å². The van der Waals surface area contributed by atoms with E-state index in [1.165, 1.54) is 0 Å². The van der Waals surface area contributed by atoms with Crippen LogP contribution in [0, 0.1) is 6.92 Å². The van der Waals surface area contributed by atoms with Crippen LogP contribution in [0.4, 0.5) is 11.6 Å². The van der Waals surface area contributed by atoms with Crippen LogP contribution in [0.15, 0.2) is 18.2 Å². The molecule has 0 spiro atoms. The van der Waals surface area contributed by atoms with Crippen LogP contribution in [-0.2, 0) is 4.74 Å². The highest BCUT2D eigenvalue weighted by atomic mass is 16.5. The van der Waals surface area contributed by atoms with Gasteiger partial charge < -0.3 is 15.4 Å². The van der Waals surface area contributed by atoms with Crippen LogP contribution in [-0.4, -0.2) is 41.0 Å². The number of aryl methyl sites for hydroxylation is 1. The zero-order chi connectivity index (χ0) is 14.1. The average molecular weight is 273 g/mol. The zero-order valence-electron chi connectivity index (χ0n) is 11.8. The molecule has 0 radical (unpaired) electrons. The topological polar surface area (TPSA) is 80.1 Å². The maximum absolute atomic E-state index is 6.09. The molecule has 6 heteroatoms. The zero-order valence-corrected chi connectivity index (χ0v) is 11.8. The summed E-state index contributed by atoms with van der Waals surface area (Å²) in [7, 11) is 0. The van der Waals surface area contributed by atoms with Gasteiger partial charge in [-0.1, -0.05) is 0 Å². The Bertz CT molecular complexity index is 609. The molecule has 2 aromatic heterocycles. The van der Waals surface area contributed by atoms with Crippen molar-refractivity contribution in [1.29, 1.82) is 0 Å². The lowest BCUT2D eigenvalue weighted by Crippen LogP contribution is -2.44. The standard InChI is InChI=1S/C14H19N5O/c1-9-7-12(18-17-9)11-3-4-13(16-14(11)15)19-5-6-20-8-10(19)2/h3-4,7,10H,5-6,8H2,1-2H3,(H2,15,16)(H,17,18). The number of H-pyrrole nitrogens is 1. The smallest absolute Gasteiger partial charge is 0.135 e. The van der Waals surface area contributed by atoms with E-state index < -0.39 is 0 Å². The normalized spacial score (nSPS) is 19.3. The van der Waals surface area contributed by atoms with Gasteiger partial charge in [-0.15, -0.1) is 0 Å². The Kier molecular flexibility index (Phi) is 3.31. The monoisotopic (exact) mass is 273 g/mol. The van der Waals surface area contributed by atoms with Crippen molar-refractivity contribution in [2.45, 2.75) is 19.9 Å². The third-order valence-electron chi connectivity index (χ3n) is 3.55. The Balaban J connectivity index is 1.91. The molecular weight excluding hydrogens is 254 g/mol. The van der Waals surface area contributed by atoms with E-state index >= 15 is 0 Å². The molecule has 0 bridgehead atoms. The lowest BCUT2D eigenvalue weighted by Gasteiger charge is -2.34. The maximum atomic E-state index is 6.09. The Morgan fingerprint density at radius 2 is 2.30 bits per heavy atom. The minimum atomic E-state index is 0.314. The molecule has 0 amide bonds. The van der Waals surface area contributed by atoms with E-state index in [9.17, 15) is 0 Å². The minimum absolute atomic E-state index is 0.314. The molecule has 106 valence electrons. The largest absolute Gasteiger partial charge is 0.383 e. The number of hydrogen-bond donors (Lipinski definition) is 2. The Morgan fingerprint density at radius 3 is 2.95 bits per heavy atom. The van der Waals surface area contributed by atoms with Gasteiger partial charge in [0, 0.05) is 17.8 Å². The highest BCUT2D eigenvalue weighted by molar-refractivity contribution is 5.72. The van der Waals surface area contributed by atoms with Crippen LogP contribution >= 0.6 is 0 Å². The van der Waals surface area contributed by atoms with Crippen LogP contribution in [0.5, 0.6) is 0 Å². The highest BCUT2D eigenvalue weighted by Gasteiger charge is 2.21.